The first-order chi connectivity index (χ1) is 15.8. The number of nitrogens with zero attached hydrogens (tertiary/aromatic N) is 1. The summed E-state index contributed by atoms with van der Waals surface area (Å²) in [5.74, 6) is 0.328. The molecule has 4 rings (SSSR count). The lowest BCUT2D eigenvalue weighted by molar-refractivity contribution is -0.120. The fraction of sp³-hybridized carbons (Fsp3) is 0.292. The molecule has 0 bridgehead atoms. The first kappa shape index (κ1) is 23.4. The van der Waals surface area contributed by atoms with E-state index in [4.69, 9.17) is 21.1 Å². The second-order valence-electron chi connectivity index (χ2n) is 7.86. The first-order valence-corrected chi connectivity index (χ1v) is 12.4. The van der Waals surface area contributed by atoms with Crippen molar-refractivity contribution in [2.45, 2.75) is 17.7 Å². The van der Waals surface area contributed by atoms with Crippen molar-refractivity contribution < 1.29 is 22.7 Å². The number of nitrogens with one attached hydrogen (secondary N) is 1. The second kappa shape index (κ2) is 9.59. The molecule has 174 valence electrons. The van der Waals surface area contributed by atoms with Gasteiger partial charge in [-0.05, 0) is 35.7 Å². The number of amides is 1. The maximum Gasteiger partial charge on any atom is 0.243 e. The van der Waals surface area contributed by atoms with E-state index in [1.54, 1.807) is 24.3 Å². The Labute approximate surface area is 198 Å². The molecule has 1 aliphatic heterocycles. The number of piperidine rings is 1. The summed E-state index contributed by atoms with van der Waals surface area (Å²) in [6.07, 6.45) is 0.845. The van der Waals surface area contributed by atoms with Crippen LogP contribution in [0.25, 0.3) is 10.8 Å². The van der Waals surface area contributed by atoms with Crippen LogP contribution in [0.4, 0.5) is 5.69 Å². The number of ether oxygens (including phenoxy) is 2. The Balaban J connectivity index is 1.44. The highest BCUT2D eigenvalue weighted by Gasteiger charge is 2.32. The maximum absolute atomic E-state index is 13.2. The van der Waals surface area contributed by atoms with Crippen LogP contribution in [0.15, 0.2) is 59.5 Å². The number of hydrogen-bond acceptors (Lipinski definition) is 5. The van der Waals surface area contributed by atoms with Gasteiger partial charge in [0.05, 0.1) is 29.8 Å². The number of methoxy groups -OCH3 is 2. The molecule has 0 spiro atoms. The van der Waals surface area contributed by atoms with Gasteiger partial charge in [0.25, 0.3) is 0 Å². The van der Waals surface area contributed by atoms with E-state index in [9.17, 15) is 13.2 Å². The molecule has 0 radical (unpaired) electrons. The minimum atomic E-state index is -3.64. The Kier molecular flexibility index (Phi) is 6.78. The maximum atomic E-state index is 13.2. The van der Waals surface area contributed by atoms with Crippen molar-refractivity contribution in [3.05, 3.63) is 59.6 Å². The van der Waals surface area contributed by atoms with Crippen LogP contribution in [0.1, 0.15) is 12.8 Å². The van der Waals surface area contributed by atoms with Crippen molar-refractivity contribution in [1.29, 1.82) is 0 Å². The molecule has 1 fully saturated rings. The molecule has 0 unspecified atom stereocenters. The summed E-state index contributed by atoms with van der Waals surface area (Å²) in [4.78, 5) is 13.2. The van der Waals surface area contributed by atoms with Crippen molar-refractivity contribution in [3.8, 4) is 11.5 Å². The molecule has 0 saturated carbocycles. The molecule has 0 aromatic heterocycles. The summed E-state index contributed by atoms with van der Waals surface area (Å²) in [7, 11) is -0.654. The Morgan fingerprint density at radius 2 is 1.64 bits per heavy atom. The van der Waals surface area contributed by atoms with E-state index >= 15 is 0 Å². The monoisotopic (exact) mass is 488 g/mol. The quantitative estimate of drug-likeness (QED) is 0.550. The highest BCUT2D eigenvalue weighted by Crippen LogP contribution is 2.36. The molecule has 0 aliphatic carbocycles. The summed E-state index contributed by atoms with van der Waals surface area (Å²) in [5, 5.41) is 5.10. The van der Waals surface area contributed by atoms with Crippen molar-refractivity contribution in [3.63, 3.8) is 0 Å². The van der Waals surface area contributed by atoms with E-state index in [-0.39, 0.29) is 29.8 Å². The average Bonchev–Trinajstić information content (AvgIpc) is 2.84. The number of benzene rings is 3. The first-order valence-electron chi connectivity index (χ1n) is 10.5. The van der Waals surface area contributed by atoms with Gasteiger partial charge in [0.2, 0.25) is 15.9 Å². The van der Waals surface area contributed by atoms with Crippen LogP contribution in [0.5, 0.6) is 11.5 Å². The molecule has 9 heteroatoms. The van der Waals surface area contributed by atoms with Crippen LogP contribution in [-0.2, 0) is 14.8 Å². The third-order valence-corrected chi connectivity index (χ3v) is 8.11. The number of halogens is 1. The Morgan fingerprint density at radius 1 is 0.970 bits per heavy atom. The third kappa shape index (κ3) is 4.78. The Hall–Kier alpha value is -2.81. The number of rotatable bonds is 6. The highest BCUT2D eigenvalue weighted by atomic mass is 35.5. The molecule has 1 N–H and O–H groups in total. The molecule has 1 heterocycles. The molecular formula is C24H25ClN2O5S. The summed E-state index contributed by atoms with van der Waals surface area (Å²) in [6, 6.07) is 16.0. The van der Waals surface area contributed by atoms with Crippen LogP contribution in [0.2, 0.25) is 5.02 Å². The average molecular weight is 489 g/mol. The predicted molar refractivity (Wildman–Crippen MR) is 129 cm³/mol. The van der Waals surface area contributed by atoms with Gasteiger partial charge in [-0.25, -0.2) is 8.42 Å². The third-order valence-electron chi connectivity index (χ3n) is 5.92. The van der Waals surface area contributed by atoms with E-state index in [1.807, 2.05) is 30.3 Å². The van der Waals surface area contributed by atoms with E-state index in [1.165, 1.54) is 18.5 Å². The van der Waals surface area contributed by atoms with Crippen LogP contribution in [-0.4, -0.2) is 45.9 Å². The summed E-state index contributed by atoms with van der Waals surface area (Å²) < 4.78 is 38.3. The van der Waals surface area contributed by atoms with Crippen molar-refractivity contribution in [2.75, 3.05) is 32.6 Å². The Bertz CT molecular complexity index is 1290. The fourth-order valence-corrected chi connectivity index (χ4v) is 5.76. The van der Waals surface area contributed by atoms with Gasteiger partial charge in [0.15, 0.2) is 0 Å². The number of sulfonamides is 1. The Morgan fingerprint density at radius 3 is 2.30 bits per heavy atom. The van der Waals surface area contributed by atoms with E-state index in [0.717, 1.165) is 10.8 Å². The molecule has 7 nitrogen and oxygen atoms in total. The molecule has 1 saturated heterocycles. The zero-order chi connectivity index (χ0) is 23.6. The zero-order valence-electron chi connectivity index (χ0n) is 18.4. The van der Waals surface area contributed by atoms with E-state index < -0.39 is 10.0 Å². The van der Waals surface area contributed by atoms with Gasteiger partial charge in [0, 0.05) is 31.1 Å². The van der Waals surface area contributed by atoms with Crippen LogP contribution >= 0.6 is 11.6 Å². The fourth-order valence-electron chi connectivity index (χ4n) is 4.03. The molecule has 3 aromatic carbocycles. The SMILES string of the molecule is COc1cc(NC(=O)C2CCN(S(=O)(=O)c3ccc4ccccc4c3)CC2)c(OC)cc1Cl. The van der Waals surface area contributed by atoms with Gasteiger partial charge in [0.1, 0.15) is 11.5 Å². The van der Waals surface area contributed by atoms with Gasteiger partial charge in [-0.2, -0.15) is 4.31 Å². The van der Waals surface area contributed by atoms with Gasteiger partial charge < -0.3 is 14.8 Å². The summed E-state index contributed by atoms with van der Waals surface area (Å²) in [5.41, 5.74) is 0.454. The largest absolute Gasteiger partial charge is 0.495 e. The lowest BCUT2D eigenvalue weighted by Gasteiger charge is -2.30. The van der Waals surface area contributed by atoms with E-state index in [0.29, 0.717) is 35.1 Å². The molecule has 3 aromatic rings. The van der Waals surface area contributed by atoms with Crippen LogP contribution in [0.3, 0.4) is 0 Å². The number of carbonyl (C=O) groups excluding carboxylic acids is 1. The lowest BCUT2D eigenvalue weighted by Crippen LogP contribution is -2.41. The summed E-state index contributed by atoms with van der Waals surface area (Å²) in [6.45, 7) is 0.544. The van der Waals surface area contributed by atoms with Gasteiger partial charge in [-0.1, -0.05) is 41.9 Å². The van der Waals surface area contributed by atoms with Crippen molar-refractivity contribution in [1.82, 2.24) is 4.31 Å². The molecule has 1 amide bonds. The standard InChI is InChI=1S/C24H25ClN2O5S/c1-31-22-15-21(23(32-2)14-20(22)25)26-24(28)17-9-11-27(12-10-17)33(29,30)19-8-7-16-5-3-4-6-18(16)13-19/h3-8,13-15,17H,9-12H2,1-2H3,(H,26,28). The van der Waals surface area contributed by atoms with E-state index in [2.05, 4.69) is 5.32 Å². The number of fused-ring (bicyclic) bond motifs is 1. The molecule has 0 atom stereocenters. The lowest BCUT2D eigenvalue weighted by atomic mass is 9.97. The highest BCUT2D eigenvalue weighted by molar-refractivity contribution is 7.89. The summed E-state index contributed by atoms with van der Waals surface area (Å²) >= 11 is 6.13. The second-order valence-corrected chi connectivity index (χ2v) is 10.2. The minimum Gasteiger partial charge on any atom is -0.495 e. The number of hydrogen-bond donors (Lipinski definition) is 1. The van der Waals surface area contributed by atoms with Gasteiger partial charge >= 0.3 is 0 Å². The zero-order valence-corrected chi connectivity index (χ0v) is 19.9. The molecular weight excluding hydrogens is 464 g/mol. The normalized spacial score (nSPS) is 15.4. The van der Waals surface area contributed by atoms with Crippen molar-refractivity contribution >= 4 is 44.0 Å². The van der Waals surface area contributed by atoms with Crippen molar-refractivity contribution in [2.24, 2.45) is 5.92 Å². The van der Waals surface area contributed by atoms with Gasteiger partial charge in [-0.15, -0.1) is 0 Å². The number of carbonyl (C=O) groups is 1. The minimum absolute atomic E-state index is 0.194. The molecule has 33 heavy (non-hydrogen) atoms. The smallest absolute Gasteiger partial charge is 0.243 e. The number of anilines is 1. The molecule has 1 aliphatic rings. The van der Waals surface area contributed by atoms with Crippen LogP contribution in [0, 0.1) is 5.92 Å². The predicted octanol–water partition coefficient (Wildman–Crippen LogP) is 4.55. The van der Waals surface area contributed by atoms with Crippen LogP contribution < -0.4 is 14.8 Å². The topological polar surface area (TPSA) is 84.9 Å². The van der Waals surface area contributed by atoms with Gasteiger partial charge in [-0.3, -0.25) is 4.79 Å².